The molecule has 6 N–H and O–H groups in total. The number of aliphatic carboxylic acids is 1. The molecule has 17 atom stereocenters. The first-order valence-corrected chi connectivity index (χ1v) is 20.1. The van der Waals surface area contributed by atoms with Crippen molar-refractivity contribution in [2.24, 2.45) is 50.2 Å². The van der Waals surface area contributed by atoms with Gasteiger partial charge in [-0.25, -0.2) is 0 Å². The highest BCUT2D eigenvalue weighted by molar-refractivity contribution is 5.76. The molecular formula is C41H66O11. The first kappa shape index (κ1) is 39.1. The number of aliphatic hydroxyl groups is 5. The number of aliphatic hydroxyl groups excluding tert-OH is 5. The number of rotatable bonds is 5. The van der Waals surface area contributed by atoms with Crippen LogP contribution in [-0.4, -0.2) is 105 Å². The van der Waals surface area contributed by atoms with Gasteiger partial charge in [-0.05, 0) is 116 Å². The molecule has 296 valence electrons. The molecule has 0 amide bonds. The third-order valence-corrected chi connectivity index (χ3v) is 16.8. The molecule has 11 heteroatoms. The molecule has 52 heavy (non-hydrogen) atoms. The molecule has 2 heterocycles. The van der Waals surface area contributed by atoms with Crippen LogP contribution in [0, 0.1) is 50.2 Å². The highest BCUT2D eigenvalue weighted by Crippen LogP contribution is 2.76. The molecule has 0 radical (unpaired) electrons. The maximum absolute atomic E-state index is 13.0. The van der Waals surface area contributed by atoms with Gasteiger partial charge in [-0.1, -0.05) is 60.1 Å². The van der Waals surface area contributed by atoms with Gasteiger partial charge in [-0.3, -0.25) is 4.79 Å². The first-order chi connectivity index (χ1) is 24.1. The van der Waals surface area contributed by atoms with Crippen LogP contribution in [0.4, 0.5) is 0 Å². The zero-order valence-electron chi connectivity index (χ0n) is 32.6. The van der Waals surface area contributed by atoms with Crippen LogP contribution < -0.4 is 0 Å². The van der Waals surface area contributed by atoms with Gasteiger partial charge in [0, 0.05) is 0 Å². The lowest BCUT2D eigenvalue weighted by Gasteiger charge is -2.71. The van der Waals surface area contributed by atoms with E-state index >= 15 is 0 Å². The summed E-state index contributed by atoms with van der Waals surface area (Å²) in [6.45, 7) is 18.1. The number of hydrogen-bond donors (Lipinski definition) is 6. The van der Waals surface area contributed by atoms with Crippen molar-refractivity contribution < 1.29 is 54.4 Å². The Bertz CT molecular complexity index is 1410. The summed E-state index contributed by atoms with van der Waals surface area (Å²) >= 11 is 0. The number of allylic oxidation sites excluding steroid dienone is 2. The molecule has 0 aromatic rings. The SMILES string of the molecule is C[C@@H]1O[C@@H](O[C@H]2[C@H](O[C@H]3CC[C@]4(C)[C@H]5CC=C6C7CC(C)(C)CC[C@]7(C(=O)O)CC[C@@]6(C)[C@]5(C)CC[C@H]4C3(C)C)OC[C@H](O)[C@@H]2O)[C@H](O)[C@H](O)[C@H]1O. The van der Waals surface area contributed by atoms with Crippen molar-refractivity contribution in [3.63, 3.8) is 0 Å². The molecule has 0 aromatic carbocycles. The van der Waals surface area contributed by atoms with E-state index in [9.17, 15) is 35.4 Å². The monoisotopic (exact) mass is 734 g/mol. The fraction of sp³-hybridized carbons (Fsp3) is 0.927. The van der Waals surface area contributed by atoms with E-state index in [1.807, 2.05) is 0 Å². The highest BCUT2D eigenvalue weighted by atomic mass is 16.8. The first-order valence-electron chi connectivity index (χ1n) is 20.1. The minimum absolute atomic E-state index is 0.0146. The fourth-order valence-electron chi connectivity index (χ4n) is 13.3. The van der Waals surface area contributed by atoms with Crippen molar-refractivity contribution in [2.75, 3.05) is 6.61 Å². The van der Waals surface area contributed by atoms with Crippen LogP contribution in [0.3, 0.4) is 0 Å². The zero-order chi connectivity index (χ0) is 38.0. The predicted octanol–water partition coefficient (Wildman–Crippen LogP) is 4.55. The van der Waals surface area contributed by atoms with Gasteiger partial charge in [0.15, 0.2) is 12.6 Å². The Kier molecular flexibility index (Phi) is 9.74. The number of carbonyl (C=O) groups is 1. The zero-order valence-corrected chi connectivity index (χ0v) is 32.6. The lowest BCUT2D eigenvalue weighted by atomic mass is 9.33. The van der Waals surface area contributed by atoms with Crippen molar-refractivity contribution in [1.82, 2.24) is 0 Å². The highest BCUT2D eigenvalue weighted by Gasteiger charge is 2.69. The molecule has 0 aromatic heterocycles. The Labute approximate surface area is 309 Å². The summed E-state index contributed by atoms with van der Waals surface area (Å²) in [5.74, 6) is 0.219. The van der Waals surface area contributed by atoms with Gasteiger partial charge in [0.1, 0.15) is 36.6 Å². The second kappa shape index (κ2) is 12.9. The minimum atomic E-state index is -1.58. The van der Waals surface area contributed by atoms with Crippen LogP contribution in [0.1, 0.15) is 120 Å². The third-order valence-electron chi connectivity index (χ3n) is 16.8. The van der Waals surface area contributed by atoms with Gasteiger partial charge >= 0.3 is 5.97 Å². The van der Waals surface area contributed by atoms with E-state index in [0.29, 0.717) is 11.8 Å². The van der Waals surface area contributed by atoms with Crippen molar-refractivity contribution in [1.29, 1.82) is 0 Å². The topological polar surface area (TPSA) is 175 Å². The Hall–Kier alpha value is -1.15. The van der Waals surface area contributed by atoms with E-state index in [2.05, 4.69) is 54.5 Å². The standard InChI is InChI=1S/C41H66O11/c1-21-28(43)30(45)31(46)33(50-21)52-32-29(44)24(42)20-49-34(32)51-27-12-13-38(6)25(37(27,4)5)11-14-40(8)26(38)10-9-22-23-19-36(2,3)15-17-41(23,35(47)48)18-16-39(22,40)7/h9,21,23-34,42-46H,10-20H2,1-8H3,(H,47,48)/t21-,23?,24-,25-,26+,27-,28-,29-,30+,31+,32+,33-,34-,38-,39+,40+,41-/m0/s1. The van der Waals surface area contributed by atoms with Crippen LogP contribution in [0.2, 0.25) is 0 Å². The molecule has 4 saturated carbocycles. The summed E-state index contributed by atoms with van der Waals surface area (Å²) in [5, 5.41) is 63.6. The average Bonchev–Trinajstić information content (AvgIpc) is 3.06. The summed E-state index contributed by atoms with van der Waals surface area (Å²) < 4.78 is 24.5. The molecule has 2 saturated heterocycles. The van der Waals surface area contributed by atoms with Crippen molar-refractivity contribution in [3.05, 3.63) is 11.6 Å². The Morgan fingerprint density at radius 1 is 0.788 bits per heavy atom. The minimum Gasteiger partial charge on any atom is -0.481 e. The Balaban J connectivity index is 1.13. The predicted molar refractivity (Wildman–Crippen MR) is 191 cm³/mol. The van der Waals surface area contributed by atoms with Crippen LogP contribution in [0.5, 0.6) is 0 Å². The van der Waals surface area contributed by atoms with E-state index in [0.717, 1.165) is 64.2 Å². The molecule has 7 rings (SSSR count). The van der Waals surface area contributed by atoms with E-state index < -0.39 is 66.7 Å². The summed E-state index contributed by atoms with van der Waals surface area (Å²) in [4.78, 5) is 13.0. The maximum atomic E-state index is 13.0. The molecule has 7 aliphatic rings. The maximum Gasteiger partial charge on any atom is 0.310 e. The van der Waals surface area contributed by atoms with Gasteiger partial charge in [0.25, 0.3) is 0 Å². The number of fused-ring (bicyclic) bond motifs is 7. The Morgan fingerprint density at radius 2 is 1.48 bits per heavy atom. The average molecular weight is 735 g/mol. The fourth-order valence-corrected chi connectivity index (χ4v) is 13.3. The molecule has 1 unspecified atom stereocenters. The molecule has 6 fully saturated rings. The van der Waals surface area contributed by atoms with E-state index in [4.69, 9.17) is 18.9 Å². The van der Waals surface area contributed by atoms with Gasteiger partial charge in [0.05, 0.1) is 24.2 Å². The third kappa shape index (κ3) is 5.64. The summed E-state index contributed by atoms with van der Waals surface area (Å²) in [5.41, 5.74) is 0.579. The second-order valence-electron chi connectivity index (χ2n) is 20.2. The molecule has 0 bridgehead atoms. The van der Waals surface area contributed by atoms with Crippen molar-refractivity contribution in [3.8, 4) is 0 Å². The van der Waals surface area contributed by atoms with Gasteiger partial charge in [0.2, 0.25) is 0 Å². The van der Waals surface area contributed by atoms with E-state index in [1.54, 1.807) is 6.92 Å². The van der Waals surface area contributed by atoms with Gasteiger partial charge in [-0.15, -0.1) is 0 Å². The smallest absolute Gasteiger partial charge is 0.310 e. The quantitative estimate of drug-likeness (QED) is 0.173. The van der Waals surface area contributed by atoms with Crippen LogP contribution in [0.25, 0.3) is 0 Å². The van der Waals surface area contributed by atoms with Crippen molar-refractivity contribution >= 4 is 5.97 Å². The summed E-state index contributed by atoms with van der Waals surface area (Å²) in [6.07, 6.45) is -0.253. The lowest BCUT2D eigenvalue weighted by molar-refractivity contribution is -0.364. The molecule has 11 nitrogen and oxygen atoms in total. The normalized spacial score (nSPS) is 54.1. The molecular weight excluding hydrogens is 668 g/mol. The largest absolute Gasteiger partial charge is 0.481 e. The van der Waals surface area contributed by atoms with Crippen LogP contribution >= 0.6 is 0 Å². The van der Waals surface area contributed by atoms with Gasteiger partial charge < -0.3 is 49.6 Å². The summed E-state index contributed by atoms with van der Waals surface area (Å²) in [6, 6.07) is 0. The molecule has 5 aliphatic carbocycles. The molecule has 0 spiro atoms. The number of ether oxygens (including phenoxy) is 4. The lowest BCUT2D eigenvalue weighted by Crippen LogP contribution is -2.66. The van der Waals surface area contributed by atoms with Crippen LogP contribution in [0.15, 0.2) is 11.6 Å². The van der Waals surface area contributed by atoms with E-state index in [1.165, 1.54) is 5.57 Å². The van der Waals surface area contributed by atoms with Crippen LogP contribution in [-0.2, 0) is 23.7 Å². The Morgan fingerprint density at radius 3 is 2.17 bits per heavy atom. The van der Waals surface area contributed by atoms with E-state index in [-0.39, 0.29) is 45.7 Å². The second-order valence-corrected chi connectivity index (χ2v) is 20.2. The summed E-state index contributed by atoms with van der Waals surface area (Å²) in [7, 11) is 0. The molecule has 2 aliphatic heterocycles. The number of carboxylic acid groups (broad SMARTS) is 1. The van der Waals surface area contributed by atoms with Gasteiger partial charge in [-0.2, -0.15) is 0 Å². The number of hydrogen-bond acceptors (Lipinski definition) is 10. The van der Waals surface area contributed by atoms with Crippen molar-refractivity contribution in [2.45, 2.75) is 181 Å². The number of carboxylic acids is 1.